The Balaban J connectivity index is 1.83. The highest BCUT2D eigenvalue weighted by molar-refractivity contribution is 7.12. The Bertz CT molecular complexity index is 701. The molecule has 0 aliphatic heterocycles. The van der Waals surface area contributed by atoms with Crippen molar-refractivity contribution in [3.63, 3.8) is 0 Å². The topological polar surface area (TPSA) is 81.7 Å². The van der Waals surface area contributed by atoms with Crippen LogP contribution in [0.25, 0.3) is 0 Å². The van der Waals surface area contributed by atoms with Gasteiger partial charge >= 0.3 is 11.8 Å². The van der Waals surface area contributed by atoms with E-state index in [1.54, 1.807) is 0 Å². The van der Waals surface area contributed by atoms with Gasteiger partial charge in [0.05, 0.1) is 6.54 Å². The van der Waals surface area contributed by atoms with Gasteiger partial charge in [-0.25, -0.2) is 0 Å². The minimum Gasteiger partial charge on any atom is -0.383 e. The molecule has 2 aromatic rings. The van der Waals surface area contributed by atoms with E-state index < -0.39 is 17.9 Å². The average molecular weight is 361 g/mol. The minimum atomic E-state index is -0.690. The molecule has 0 fully saturated rings. The second-order valence-electron chi connectivity index (χ2n) is 5.86. The number of aliphatic hydroxyl groups excluding tert-OH is 1. The predicted octanol–water partition coefficient (Wildman–Crippen LogP) is 1.12. The molecule has 1 atom stereocenters. The van der Waals surface area contributed by atoms with Crippen LogP contribution in [0.4, 0.5) is 0 Å². The van der Waals surface area contributed by atoms with Gasteiger partial charge in [-0.1, -0.05) is 30.3 Å². The SMILES string of the molecule is CN(C)CCNC(=O)C(=O)NCc1ccc(C(O)c2ccccc2)s1. The Morgan fingerprint density at radius 1 is 1.08 bits per heavy atom. The summed E-state index contributed by atoms with van der Waals surface area (Å²) < 4.78 is 0. The van der Waals surface area contributed by atoms with E-state index in [2.05, 4.69) is 10.6 Å². The number of thiophene rings is 1. The molecule has 1 unspecified atom stereocenters. The maximum Gasteiger partial charge on any atom is 0.309 e. The summed E-state index contributed by atoms with van der Waals surface area (Å²) >= 11 is 1.41. The third-order valence-electron chi connectivity index (χ3n) is 3.54. The summed E-state index contributed by atoms with van der Waals surface area (Å²) in [5.41, 5.74) is 0.820. The lowest BCUT2D eigenvalue weighted by Crippen LogP contribution is -2.41. The number of nitrogens with one attached hydrogen (secondary N) is 2. The number of carbonyl (C=O) groups excluding carboxylic acids is 2. The molecule has 0 spiro atoms. The molecule has 1 heterocycles. The van der Waals surface area contributed by atoms with Gasteiger partial charge in [-0.3, -0.25) is 9.59 Å². The number of carbonyl (C=O) groups is 2. The zero-order chi connectivity index (χ0) is 18.2. The highest BCUT2D eigenvalue weighted by Gasteiger charge is 2.15. The number of nitrogens with zero attached hydrogens (tertiary/aromatic N) is 1. The average Bonchev–Trinajstić information content (AvgIpc) is 3.08. The Kier molecular flexibility index (Phi) is 7.12. The van der Waals surface area contributed by atoms with Gasteiger partial charge in [-0.05, 0) is 31.8 Å². The zero-order valence-electron chi connectivity index (χ0n) is 14.4. The molecule has 0 bridgehead atoms. The summed E-state index contributed by atoms with van der Waals surface area (Å²) in [5.74, 6) is -1.29. The second-order valence-corrected chi connectivity index (χ2v) is 7.06. The highest BCUT2D eigenvalue weighted by atomic mass is 32.1. The van der Waals surface area contributed by atoms with E-state index in [0.717, 1.165) is 15.3 Å². The summed E-state index contributed by atoms with van der Waals surface area (Å²) in [6.07, 6.45) is -0.690. The lowest BCUT2D eigenvalue weighted by Gasteiger charge is -2.10. The lowest BCUT2D eigenvalue weighted by molar-refractivity contribution is -0.139. The zero-order valence-corrected chi connectivity index (χ0v) is 15.2. The molecule has 2 rings (SSSR count). The van der Waals surface area contributed by atoms with Crippen molar-refractivity contribution in [2.45, 2.75) is 12.6 Å². The van der Waals surface area contributed by atoms with Crippen LogP contribution in [0.3, 0.4) is 0 Å². The summed E-state index contributed by atoms with van der Waals surface area (Å²) in [4.78, 5) is 27.0. The number of amides is 2. The van der Waals surface area contributed by atoms with Gasteiger partial charge in [0.2, 0.25) is 0 Å². The number of hydrogen-bond acceptors (Lipinski definition) is 5. The van der Waals surface area contributed by atoms with E-state index >= 15 is 0 Å². The first kappa shape index (κ1) is 19.1. The van der Waals surface area contributed by atoms with E-state index in [0.29, 0.717) is 13.1 Å². The van der Waals surface area contributed by atoms with Gasteiger partial charge in [0.25, 0.3) is 0 Å². The number of rotatable bonds is 7. The van der Waals surface area contributed by atoms with Crippen molar-refractivity contribution in [2.75, 3.05) is 27.2 Å². The van der Waals surface area contributed by atoms with Crippen molar-refractivity contribution in [3.05, 3.63) is 57.8 Å². The van der Waals surface area contributed by atoms with Crippen LogP contribution in [0.1, 0.15) is 21.4 Å². The molecule has 0 saturated heterocycles. The van der Waals surface area contributed by atoms with Gasteiger partial charge in [0.1, 0.15) is 6.10 Å². The molecule has 1 aromatic carbocycles. The van der Waals surface area contributed by atoms with Crippen molar-refractivity contribution in [1.82, 2.24) is 15.5 Å². The molecule has 25 heavy (non-hydrogen) atoms. The smallest absolute Gasteiger partial charge is 0.309 e. The van der Waals surface area contributed by atoms with Gasteiger partial charge < -0.3 is 20.6 Å². The van der Waals surface area contributed by atoms with E-state index in [1.807, 2.05) is 61.5 Å². The molecular weight excluding hydrogens is 338 g/mol. The Morgan fingerprint density at radius 3 is 2.44 bits per heavy atom. The van der Waals surface area contributed by atoms with Crippen LogP contribution < -0.4 is 10.6 Å². The fraction of sp³-hybridized carbons (Fsp3) is 0.333. The Morgan fingerprint density at radius 2 is 1.76 bits per heavy atom. The quantitative estimate of drug-likeness (QED) is 0.646. The van der Waals surface area contributed by atoms with Gasteiger partial charge in [-0.15, -0.1) is 11.3 Å². The summed E-state index contributed by atoms with van der Waals surface area (Å²) in [7, 11) is 3.79. The summed E-state index contributed by atoms with van der Waals surface area (Å²) in [6.45, 7) is 1.35. The summed E-state index contributed by atoms with van der Waals surface area (Å²) in [5, 5.41) is 15.5. The van der Waals surface area contributed by atoms with E-state index in [-0.39, 0.29) is 6.54 Å². The summed E-state index contributed by atoms with van der Waals surface area (Å²) in [6, 6.07) is 13.1. The molecule has 7 heteroatoms. The van der Waals surface area contributed by atoms with Crippen molar-refractivity contribution in [2.24, 2.45) is 0 Å². The first-order chi connectivity index (χ1) is 12.0. The molecule has 6 nitrogen and oxygen atoms in total. The Labute approximate surface area is 151 Å². The molecule has 1 aromatic heterocycles. The van der Waals surface area contributed by atoms with Crippen LogP contribution in [0.15, 0.2) is 42.5 Å². The van der Waals surface area contributed by atoms with Crippen LogP contribution in [0.5, 0.6) is 0 Å². The molecular formula is C18H23N3O3S. The number of likely N-dealkylation sites (N-methyl/N-ethyl adjacent to an activating group) is 1. The third-order valence-corrected chi connectivity index (χ3v) is 4.68. The first-order valence-electron chi connectivity index (χ1n) is 7.99. The maximum atomic E-state index is 11.8. The molecule has 0 saturated carbocycles. The molecule has 0 aliphatic rings. The lowest BCUT2D eigenvalue weighted by atomic mass is 10.1. The van der Waals surface area contributed by atoms with Crippen molar-refractivity contribution in [1.29, 1.82) is 0 Å². The van der Waals surface area contributed by atoms with Crippen LogP contribution in [-0.2, 0) is 16.1 Å². The van der Waals surface area contributed by atoms with Crippen LogP contribution >= 0.6 is 11.3 Å². The van der Waals surface area contributed by atoms with Crippen molar-refractivity contribution >= 4 is 23.2 Å². The molecule has 134 valence electrons. The molecule has 0 aliphatic carbocycles. The monoisotopic (exact) mass is 361 g/mol. The fourth-order valence-corrected chi connectivity index (χ4v) is 3.12. The van der Waals surface area contributed by atoms with E-state index in [9.17, 15) is 14.7 Å². The minimum absolute atomic E-state index is 0.256. The predicted molar refractivity (Wildman–Crippen MR) is 98.2 cm³/mol. The van der Waals surface area contributed by atoms with Crippen molar-refractivity contribution < 1.29 is 14.7 Å². The maximum absolute atomic E-state index is 11.8. The van der Waals surface area contributed by atoms with Gasteiger partial charge in [0.15, 0.2) is 0 Å². The van der Waals surface area contributed by atoms with Gasteiger partial charge in [0, 0.05) is 22.8 Å². The van der Waals surface area contributed by atoms with Crippen LogP contribution in [0.2, 0.25) is 0 Å². The van der Waals surface area contributed by atoms with Crippen LogP contribution in [-0.4, -0.2) is 49.0 Å². The second kappa shape index (κ2) is 9.31. The molecule has 3 N–H and O–H groups in total. The number of benzene rings is 1. The standard InChI is InChI=1S/C18H23N3O3S/c1-21(2)11-10-19-17(23)18(24)20-12-14-8-9-15(25-14)16(22)13-6-4-3-5-7-13/h3-9,16,22H,10-12H2,1-2H3,(H,19,23)(H,20,24). The Hall–Kier alpha value is -2.22. The normalized spacial score (nSPS) is 12.0. The number of hydrogen-bond donors (Lipinski definition) is 3. The highest BCUT2D eigenvalue weighted by Crippen LogP contribution is 2.28. The van der Waals surface area contributed by atoms with E-state index in [1.165, 1.54) is 11.3 Å². The van der Waals surface area contributed by atoms with E-state index in [4.69, 9.17) is 0 Å². The largest absolute Gasteiger partial charge is 0.383 e. The third kappa shape index (κ3) is 5.97. The van der Waals surface area contributed by atoms with Gasteiger partial charge in [-0.2, -0.15) is 0 Å². The van der Waals surface area contributed by atoms with Crippen molar-refractivity contribution in [3.8, 4) is 0 Å². The number of aliphatic hydroxyl groups is 1. The first-order valence-corrected chi connectivity index (χ1v) is 8.81. The molecule has 0 radical (unpaired) electrons. The van der Waals surface area contributed by atoms with Crippen LogP contribution in [0, 0.1) is 0 Å². The molecule has 2 amide bonds. The fourth-order valence-electron chi connectivity index (χ4n) is 2.16.